The molecule has 2 atom stereocenters. The molecular weight excluding hydrogens is 378 g/mol. The number of amidine groups is 1. The fourth-order valence-corrected chi connectivity index (χ4v) is 3.10. The molecule has 0 saturated heterocycles. The molecule has 1 aromatic carbocycles. The zero-order chi connectivity index (χ0) is 20.9. The van der Waals surface area contributed by atoms with E-state index >= 15 is 0 Å². The predicted octanol–water partition coefficient (Wildman–Crippen LogP) is 4.32. The van der Waals surface area contributed by atoms with Crippen molar-refractivity contribution in [1.29, 1.82) is 0 Å². The summed E-state index contributed by atoms with van der Waals surface area (Å²) in [7, 11) is 0. The Labute approximate surface area is 158 Å². The maximum Gasteiger partial charge on any atom is 0.291 e. The number of furan rings is 1. The number of hydrogen-bond acceptors (Lipinski definition) is 4. The summed E-state index contributed by atoms with van der Waals surface area (Å²) in [4.78, 5) is 15.8. The van der Waals surface area contributed by atoms with Gasteiger partial charge in [0.25, 0.3) is 11.8 Å². The van der Waals surface area contributed by atoms with Gasteiger partial charge in [-0.2, -0.15) is 0 Å². The van der Waals surface area contributed by atoms with Gasteiger partial charge in [0.05, 0.1) is 6.42 Å². The Morgan fingerprint density at radius 2 is 1.89 bits per heavy atom. The van der Waals surface area contributed by atoms with E-state index in [2.05, 4.69) is 10.3 Å². The van der Waals surface area contributed by atoms with Crippen LogP contribution in [0.3, 0.4) is 0 Å². The molecule has 0 bridgehead atoms. The molecule has 5 nitrogen and oxygen atoms in total. The second-order valence-electron chi connectivity index (χ2n) is 7.21. The third kappa shape index (κ3) is 3.25. The number of carbonyl (C=O) groups excluding carboxylic acids is 1. The van der Waals surface area contributed by atoms with Crippen molar-refractivity contribution < 1.29 is 26.8 Å². The van der Waals surface area contributed by atoms with Gasteiger partial charge in [-0.15, -0.1) is 0 Å². The minimum atomic E-state index is -3.72. The van der Waals surface area contributed by atoms with E-state index in [-0.39, 0.29) is 11.4 Å². The zero-order valence-corrected chi connectivity index (χ0v) is 15.4. The number of alkyl halides is 3. The van der Waals surface area contributed by atoms with Crippen LogP contribution >= 0.6 is 0 Å². The summed E-state index contributed by atoms with van der Waals surface area (Å²) in [6, 6.07) is 6.20. The second-order valence-corrected chi connectivity index (χ2v) is 7.21. The minimum absolute atomic E-state index is 0.00745. The molecule has 1 aliphatic rings. The number of hydrogen-bond donors (Lipinski definition) is 2. The van der Waals surface area contributed by atoms with Gasteiger partial charge >= 0.3 is 0 Å². The number of rotatable bonds is 3. The third-order valence-corrected chi connectivity index (χ3v) is 4.86. The van der Waals surface area contributed by atoms with Crippen molar-refractivity contribution in [2.75, 3.05) is 5.32 Å². The molecule has 2 aromatic rings. The van der Waals surface area contributed by atoms with Crippen molar-refractivity contribution in [3.8, 4) is 0 Å². The molecule has 0 unspecified atom stereocenters. The first-order chi connectivity index (χ1) is 12.9. The van der Waals surface area contributed by atoms with Gasteiger partial charge in [0.1, 0.15) is 17.4 Å². The van der Waals surface area contributed by atoms with Crippen LogP contribution < -0.4 is 11.1 Å². The molecule has 2 heterocycles. The summed E-state index contributed by atoms with van der Waals surface area (Å²) >= 11 is 0. The van der Waals surface area contributed by atoms with Crippen LogP contribution in [-0.4, -0.2) is 23.3 Å². The Morgan fingerprint density at radius 3 is 2.50 bits per heavy atom. The number of carbonyl (C=O) groups is 1. The van der Waals surface area contributed by atoms with Gasteiger partial charge in [0.2, 0.25) is 0 Å². The number of anilines is 1. The van der Waals surface area contributed by atoms with Crippen LogP contribution in [0.15, 0.2) is 39.7 Å². The van der Waals surface area contributed by atoms with E-state index in [1.165, 1.54) is 12.1 Å². The number of nitrogens with zero attached hydrogens (tertiary/aromatic N) is 1. The number of nitrogens with two attached hydrogens (primary N) is 1. The molecule has 0 aliphatic carbocycles. The van der Waals surface area contributed by atoms with Gasteiger partial charge in [-0.05, 0) is 51.1 Å². The molecule has 0 saturated carbocycles. The van der Waals surface area contributed by atoms with Crippen LogP contribution in [-0.2, 0) is 5.54 Å². The number of benzene rings is 1. The van der Waals surface area contributed by atoms with E-state index in [1.807, 2.05) is 0 Å². The second kappa shape index (κ2) is 6.35. The van der Waals surface area contributed by atoms with Gasteiger partial charge in [-0.1, -0.05) is 0 Å². The molecule has 0 fully saturated rings. The van der Waals surface area contributed by atoms with E-state index in [0.717, 1.165) is 26.0 Å². The first-order valence-electron chi connectivity index (χ1n) is 8.46. The van der Waals surface area contributed by atoms with Crippen molar-refractivity contribution in [1.82, 2.24) is 0 Å². The highest BCUT2D eigenvalue weighted by atomic mass is 19.3. The number of aryl methyl sites for hydroxylation is 1. The lowest BCUT2D eigenvalue weighted by Gasteiger charge is -2.42. The number of amides is 1. The monoisotopic (exact) mass is 397 g/mol. The topological polar surface area (TPSA) is 80.6 Å². The molecular formula is C19H19F4N3O2. The molecule has 1 aromatic heterocycles. The van der Waals surface area contributed by atoms with Crippen molar-refractivity contribution in [2.45, 2.75) is 44.3 Å². The lowest BCUT2D eigenvalue weighted by Crippen LogP contribution is -2.56. The summed E-state index contributed by atoms with van der Waals surface area (Å²) in [6.45, 7) is 3.53. The predicted molar refractivity (Wildman–Crippen MR) is 95.8 cm³/mol. The molecule has 9 heteroatoms. The summed E-state index contributed by atoms with van der Waals surface area (Å²) < 4.78 is 63.5. The summed E-state index contributed by atoms with van der Waals surface area (Å²) in [5, 5.41) is 2.45. The van der Waals surface area contributed by atoms with Crippen LogP contribution in [0.5, 0.6) is 0 Å². The van der Waals surface area contributed by atoms with Crippen LogP contribution in [0.2, 0.25) is 0 Å². The molecule has 0 radical (unpaired) electrons. The lowest BCUT2D eigenvalue weighted by molar-refractivity contribution is -0.106. The van der Waals surface area contributed by atoms with E-state index in [1.54, 1.807) is 13.0 Å². The Morgan fingerprint density at radius 1 is 1.21 bits per heavy atom. The Hall–Kier alpha value is -2.84. The highest BCUT2D eigenvalue weighted by Gasteiger charge is 2.60. The zero-order valence-electron chi connectivity index (χ0n) is 15.4. The van der Waals surface area contributed by atoms with Crippen molar-refractivity contribution in [2.24, 2.45) is 10.7 Å². The van der Waals surface area contributed by atoms with Crippen LogP contribution in [0, 0.1) is 12.7 Å². The number of aliphatic imine (C=N–C) groups is 1. The van der Waals surface area contributed by atoms with E-state index < -0.39 is 46.7 Å². The first-order valence-corrected chi connectivity index (χ1v) is 8.46. The smallest absolute Gasteiger partial charge is 0.291 e. The molecule has 3 N–H and O–H groups in total. The minimum Gasteiger partial charge on any atom is -0.456 e. The largest absolute Gasteiger partial charge is 0.456 e. The highest BCUT2D eigenvalue weighted by molar-refractivity contribution is 6.02. The quantitative estimate of drug-likeness (QED) is 0.757. The average molecular weight is 397 g/mol. The highest BCUT2D eigenvalue weighted by Crippen LogP contribution is 2.50. The van der Waals surface area contributed by atoms with Gasteiger partial charge in [0.15, 0.2) is 17.0 Å². The Balaban J connectivity index is 2.01. The normalized spacial score (nSPS) is 26.6. The molecule has 1 amide bonds. The fourth-order valence-electron chi connectivity index (χ4n) is 3.10. The van der Waals surface area contributed by atoms with Crippen molar-refractivity contribution in [3.05, 3.63) is 53.2 Å². The van der Waals surface area contributed by atoms with E-state index in [9.17, 15) is 22.4 Å². The van der Waals surface area contributed by atoms with Gasteiger partial charge in [-0.25, -0.2) is 17.6 Å². The van der Waals surface area contributed by atoms with Gasteiger partial charge in [0, 0.05) is 11.3 Å². The lowest BCUT2D eigenvalue weighted by atomic mass is 9.77. The first kappa shape index (κ1) is 19.9. The molecule has 150 valence electrons. The van der Waals surface area contributed by atoms with Crippen LogP contribution in [0.25, 0.3) is 0 Å². The maximum absolute atomic E-state index is 14.8. The number of nitrogens with one attached hydrogen (secondary N) is 1. The summed E-state index contributed by atoms with van der Waals surface area (Å²) in [6.07, 6.45) is -1.24. The van der Waals surface area contributed by atoms with Crippen molar-refractivity contribution >= 4 is 17.4 Å². The summed E-state index contributed by atoms with van der Waals surface area (Å²) in [5.41, 5.74) is 0.125. The average Bonchev–Trinajstić information content (AvgIpc) is 3.01. The van der Waals surface area contributed by atoms with Gasteiger partial charge in [-0.3, -0.25) is 9.79 Å². The molecule has 3 rings (SSSR count). The molecule has 0 spiro atoms. The standard InChI is InChI=1S/C19H19F4N3O2/c1-10-4-7-14(28-10)15(27)25-11-5-6-13(20)12(8-11)18(3)19(22,23)9-17(2,21)16(24)26-18/h4-8H,9H2,1-3H3,(H2,24,26)(H,25,27)/t17-,18-/m1/s1. The SMILES string of the molecule is Cc1ccc(C(=O)Nc2ccc(F)c([C@@]3(C)N=C(N)[C@](C)(F)CC3(F)F)c2)o1. The summed E-state index contributed by atoms with van der Waals surface area (Å²) in [5.74, 6) is -5.45. The van der Waals surface area contributed by atoms with Crippen molar-refractivity contribution in [3.63, 3.8) is 0 Å². The number of halogens is 4. The van der Waals surface area contributed by atoms with Crippen LogP contribution in [0.1, 0.15) is 42.1 Å². The van der Waals surface area contributed by atoms with Crippen LogP contribution in [0.4, 0.5) is 23.2 Å². The van der Waals surface area contributed by atoms with Gasteiger partial charge < -0.3 is 15.5 Å². The third-order valence-electron chi connectivity index (χ3n) is 4.86. The van der Waals surface area contributed by atoms with E-state index in [0.29, 0.717) is 5.76 Å². The Bertz CT molecular complexity index is 968. The maximum atomic E-state index is 14.8. The molecule has 28 heavy (non-hydrogen) atoms. The fraction of sp³-hybridized carbons (Fsp3) is 0.368. The molecule has 1 aliphatic heterocycles. The Kier molecular flexibility index (Phi) is 4.52. The van der Waals surface area contributed by atoms with E-state index in [4.69, 9.17) is 10.2 Å².